The molecule has 3 aromatic rings. The minimum absolute atomic E-state index is 0.0850. The van der Waals surface area contributed by atoms with E-state index < -0.39 is 10.0 Å². The number of hydrogen-bond donors (Lipinski definition) is 0. The van der Waals surface area contributed by atoms with Crippen LogP contribution in [-0.4, -0.2) is 83.7 Å². The van der Waals surface area contributed by atoms with Crippen LogP contribution < -0.4 is 4.90 Å². The Morgan fingerprint density at radius 2 is 1.76 bits per heavy atom. The van der Waals surface area contributed by atoms with Crippen LogP contribution >= 0.6 is 0 Å². The summed E-state index contributed by atoms with van der Waals surface area (Å²) in [5.74, 6) is -0.126. The van der Waals surface area contributed by atoms with Crippen molar-refractivity contribution in [2.24, 2.45) is 0 Å². The highest BCUT2D eigenvalue weighted by atomic mass is 32.2. The molecule has 2 saturated heterocycles. The molecule has 34 heavy (non-hydrogen) atoms. The number of fused-ring (bicyclic) bond motifs is 1. The van der Waals surface area contributed by atoms with Crippen LogP contribution in [0, 0.1) is 6.92 Å². The molecule has 0 spiro atoms. The lowest BCUT2D eigenvalue weighted by molar-refractivity contribution is 0.0686. The first-order chi connectivity index (χ1) is 16.1. The molecule has 0 unspecified atom stereocenters. The maximum Gasteiger partial charge on any atom is 0.293 e. The summed E-state index contributed by atoms with van der Waals surface area (Å²) in [5.41, 5.74) is 4.11. The van der Waals surface area contributed by atoms with E-state index in [0.29, 0.717) is 18.7 Å². The van der Waals surface area contributed by atoms with Crippen molar-refractivity contribution in [3.63, 3.8) is 0 Å². The number of aromatic nitrogens is 3. The van der Waals surface area contributed by atoms with Crippen LogP contribution in [0.3, 0.4) is 0 Å². The van der Waals surface area contributed by atoms with E-state index in [1.54, 1.807) is 9.42 Å². The minimum atomic E-state index is -3.25. The second-order valence-corrected chi connectivity index (χ2v) is 11.6. The standard InChI is InChI=1S/C24H30N6O3S/c1-18-15-20(28-10-9-24(2,17-28)19-7-5-4-6-8-19)16-30-22(18)25-21(26-30)23(31)27-11-13-29(14-12-27)34(3,32)33/h4-8,15-16H,9-14,17H2,1-3H3/t24-/m0/s1. The second-order valence-electron chi connectivity index (χ2n) is 9.64. The number of pyridine rings is 1. The van der Waals surface area contributed by atoms with Crippen LogP contribution in [-0.2, 0) is 15.4 Å². The molecule has 2 aliphatic heterocycles. The van der Waals surface area contributed by atoms with Crippen molar-refractivity contribution >= 4 is 27.3 Å². The number of benzene rings is 1. The van der Waals surface area contributed by atoms with E-state index in [9.17, 15) is 13.2 Å². The van der Waals surface area contributed by atoms with Gasteiger partial charge in [-0.15, -0.1) is 5.10 Å². The number of aryl methyl sites for hydroxylation is 1. The van der Waals surface area contributed by atoms with Crippen molar-refractivity contribution in [3.05, 3.63) is 59.5 Å². The summed E-state index contributed by atoms with van der Waals surface area (Å²) < 4.78 is 26.6. The van der Waals surface area contributed by atoms with Gasteiger partial charge in [-0.2, -0.15) is 4.31 Å². The van der Waals surface area contributed by atoms with Crippen molar-refractivity contribution in [3.8, 4) is 0 Å². The smallest absolute Gasteiger partial charge is 0.293 e. The molecule has 0 aliphatic carbocycles. The van der Waals surface area contributed by atoms with Gasteiger partial charge in [-0.1, -0.05) is 37.3 Å². The third-order valence-corrected chi connectivity index (χ3v) is 8.40. The first-order valence-electron chi connectivity index (χ1n) is 11.6. The molecule has 9 nitrogen and oxygen atoms in total. The monoisotopic (exact) mass is 482 g/mol. The molecular weight excluding hydrogens is 452 g/mol. The molecule has 180 valence electrons. The first-order valence-corrected chi connectivity index (χ1v) is 13.4. The number of anilines is 1. The van der Waals surface area contributed by atoms with Crippen molar-refractivity contribution in [2.75, 3.05) is 50.4 Å². The van der Waals surface area contributed by atoms with E-state index in [2.05, 4.69) is 52.2 Å². The Kier molecular flexibility index (Phi) is 5.60. The molecule has 2 aliphatic rings. The fourth-order valence-electron chi connectivity index (χ4n) is 5.02. The van der Waals surface area contributed by atoms with Crippen LogP contribution in [0.1, 0.15) is 35.1 Å². The average molecular weight is 483 g/mol. The van der Waals surface area contributed by atoms with E-state index >= 15 is 0 Å². The molecule has 2 fully saturated rings. The maximum absolute atomic E-state index is 13.0. The lowest BCUT2D eigenvalue weighted by Crippen LogP contribution is -2.50. The highest BCUT2D eigenvalue weighted by molar-refractivity contribution is 7.88. The van der Waals surface area contributed by atoms with Crippen molar-refractivity contribution < 1.29 is 13.2 Å². The zero-order chi connectivity index (χ0) is 24.1. The lowest BCUT2D eigenvalue weighted by atomic mass is 9.82. The number of hydrogen-bond acceptors (Lipinski definition) is 6. The summed E-state index contributed by atoms with van der Waals surface area (Å²) >= 11 is 0. The number of amides is 1. The Labute approximate surface area is 200 Å². The van der Waals surface area contributed by atoms with Gasteiger partial charge in [0.1, 0.15) is 0 Å². The molecule has 5 rings (SSSR count). The van der Waals surface area contributed by atoms with Gasteiger partial charge in [-0.05, 0) is 30.5 Å². The molecule has 0 N–H and O–H groups in total. The largest absolute Gasteiger partial charge is 0.369 e. The minimum Gasteiger partial charge on any atom is -0.369 e. The number of carbonyl (C=O) groups is 1. The summed E-state index contributed by atoms with van der Waals surface area (Å²) in [4.78, 5) is 21.5. The number of rotatable bonds is 4. The molecule has 0 saturated carbocycles. The van der Waals surface area contributed by atoms with E-state index in [4.69, 9.17) is 0 Å². The summed E-state index contributed by atoms with van der Waals surface area (Å²) in [5, 5.41) is 4.50. The fourth-order valence-corrected chi connectivity index (χ4v) is 5.84. The van der Waals surface area contributed by atoms with Gasteiger partial charge in [0.2, 0.25) is 15.8 Å². The Balaban J connectivity index is 1.35. The van der Waals surface area contributed by atoms with E-state index in [0.717, 1.165) is 30.8 Å². The molecular formula is C24H30N6O3S. The molecule has 0 bridgehead atoms. The second kappa shape index (κ2) is 8.35. The quantitative estimate of drug-likeness (QED) is 0.564. The predicted molar refractivity (Wildman–Crippen MR) is 131 cm³/mol. The highest BCUT2D eigenvalue weighted by Gasteiger charge is 2.36. The van der Waals surface area contributed by atoms with Crippen LogP contribution in [0.4, 0.5) is 5.69 Å². The Morgan fingerprint density at radius 3 is 2.44 bits per heavy atom. The summed E-state index contributed by atoms with van der Waals surface area (Å²) in [6.07, 6.45) is 4.20. The highest BCUT2D eigenvalue weighted by Crippen LogP contribution is 2.36. The van der Waals surface area contributed by atoms with Crippen LogP contribution in [0.5, 0.6) is 0 Å². The predicted octanol–water partition coefficient (Wildman–Crippen LogP) is 1.92. The van der Waals surface area contributed by atoms with Gasteiger partial charge in [0.25, 0.3) is 5.91 Å². The molecule has 1 amide bonds. The zero-order valence-corrected chi connectivity index (χ0v) is 20.6. The third-order valence-electron chi connectivity index (χ3n) is 7.10. The van der Waals surface area contributed by atoms with Gasteiger partial charge in [0.15, 0.2) is 5.65 Å². The Hall–Kier alpha value is -2.98. The zero-order valence-electron chi connectivity index (χ0n) is 19.8. The van der Waals surface area contributed by atoms with Crippen LogP contribution in [0.25, 0.3) is 5.65 Å². The van der Waals surface area contributed by atoms with Gasteiger partial charge in [-0.25, -0.2) is 17.9 Å². The first kappa shape index (κ1) is 22.8. The SMILES string of the molecule is Cc1cc(N2CC[C@](C)(c3ccccc3)C2)cn2nc(C(=O)N3CCN(S(C)(=O)=O)CC3)nc12. The molecule has 1 aromatic carbocycles. The summed E-state index contributed by atoms with van der Waals surface area (Å²) in [6, 6.07) is 12.7. The molecule has 1 atom stereocenters. The molecule has 0 radical (unpaired) electrons. The Bertz CT molecular complexity index is 1330. The fraction of sp³-hybridized carbons (Fsp3) is 0.458. The molecule has 4 heterocycles. The van der Waals surface area contributed by atoms with E-state index in [1.165, 1.54) is 16.1 Å². The van der Waals surface area contributed by atoms with Crippen molar-refractivity contribution in [1.29, 1.82) is 0 Å². The normalized spacial score (nSPS) is 22.0. The molecule has 10 heteroatoms. The van der Waals surface area contributed by atoms with Crippen LogP contribution in [0.2, 0.25) is 0 Å². The molecule has 2 aromatic heterocycles. The van der Waals surface area contributed by atoms with Gasteiger partial charge < -0.3 is 9.80 Å². The summed E-state index contributed by atoms with van der Waals surface area (Å²) in [6.45, 7) is 7.39. The maximum atomic E-state index is 13.0. The number of nitrogens with zero attached hydrogens (tertiary/aromatic N) is 6. The number of piperazine rings is 1. The van der Waals surface area contributed by atoms with Gasteiger partial charge in [0, 0.05) is 44.7 Å². The third kappa shape index (κ3) is 4.16. The lowest BCUT2D eigenvalue weighted by Gasteiger charge is -2.32. The van der Waals surface area contributed by atoms with Crippen molar-refractivity contribution in [2.45, 2.75) is 25.7 Å². The number of sulfonamides is 1. The van der Waals surface area contributed by atoms with Gasteiger partial charge in [0.05, 0.1) is 18.1 Å². The van der Waals surface area contributed by atoms with E-state index in [1.807, 2.05) is 19.2 Å². The topological polar surface area (TPSA) is 91.1 Å². The van der Waals surface area contributed by atoms with Crippen LogP contribution in [0.15, 0.2) is 42.6 Å². The van der Waals surface area contributed by atoms with Gasteiger partial charge in [-0.3, -0.25) is 4.79 Å². The van der Waals surface area contributed by atoms with E-state index in [-0.39, 0.29) is 30.2 Å². The van der Waals surface area contributed by atoms with Crippen molar-refractivity contribution in [1.82, 2.24) is 23.8 Å². The Morgan fingerprint density at radius 1 is 1.06 bits per heavy atom. The number of carbonyl (C=O) groups excluding carboxylic acids is 1. The average Bonchev–Trinajstić information content (AvgIpc) is 3.44. The summed E-state index contributed by atoms with van der Waals surface area (Å²) in [7, 11) is -3.25. The van der Waals surface area contributed by atoms with Gasteiger partial charge >= 0.3 is 0 Å².